The van der Waals surface area contributed by atoms with Crippen LogP contribution in [0.1, 0.15) is 28.5 Å². The molecule has 0 amide bonds. The van der Waals surface area contributed by atoms with Gasteiger partial charge in [-0.1, -0.05) is 12.1 Å². The molecule has 0 fully saturated rings. The molecular weight excluding hydrogens is 522 g/mol. The summed E-state index contributed by atoms with van der Waals surface area (Å²) in [7, 11) is 0. The van der Waals surface area contributed by atoms with Gasteiger partial charge in [-0.2, -0.15) is 5.26 Å². The second-order valence-electron chi connectivity index (χ2n) is 6.98. The van der Waals surface area contributed by atoms with Crippen molar-refractivity contribution in [1.82, 2.24) is 9.55 Å². The zero-order chi connectivity index (χ0) is 22.7. The fraction of sp³-hybridized carbons (Fsp3) is 0.125. The minimum atomic E-state index is -0.534. The molecule has 6 nitrogen and oxygen atoms in total. The minimum Gasteiger partial charge on any atom is -0.461 e. The lowest BCUT2D eigenvalue weighted by Crippen LogP contribution is -2.15. The number of nitriles is 1. The number of hydrogen-bond acceptors (Lipinski definition) is 5. The van der Waals surface area contributed by atoms with Gasteiger partial charge in [0, 0.05) is 27.9 Å². The van der Waals surface area contributed by atoms with Crippen LogP contribution >= 0.6 is 22.6 Å². The van der Waals surface area contributed by atoms with Crippen LogP contribution in [0.15, 0.2) is 60.9 Å². The van der Waals surface area contributed by atoms with E-state index in [9.17, 15) is 14.4 Å². The van der Waals surface area contributed by atoms with Crippen molar-refractivity contribution in [2.24, 2.45) is 0 Å². The molecule has 4 rings (SSSR count). The van der Waals surface area contributed by atoms with Crippen molar-refractivity contribution in [2.75, 3.05) is 11.9 Å². The van der Waals surface area contributed by atoms with Crippen LogP contribution in [0.3, 0.4) is 0 Å². The van der Waals surface area contributed by atoms with Crippen LogP contribution in [-0.2, 0) is 11.3 Å². The second kappa shape index (κ2) is 9.36. The summed E-state index contributed by atoms with van der Waals surface area (Å²) in [5, 5.41) is 13.0. The molecule has 0 unspecified atom stereocenters. The summed E-state index contributed by atoms with van der Waals surface area (Å²) in [5.41, 5.74) is 3.02. The Labute approximate surface area is 197 Å². The highest BCUT2D eigenvalue weighted by Gasteiger charge is 2.25. The molecule has 32 heavy (non-hydrogen) atoms. The van der Waals surface area contributed by atoms with Gasteiger partial charge < -0.3 is 14.6 Å². The maximum atomic E-state index is 14.6. The van der Waals surface area contributed by atoms with Gasteiger partial charge in [0.2, 0.25) is 0 Å². The molecule has 8 heteroatoms. The largest absolute Gasteiger partial charge is 0.461 e. The van der Waals surface area contributed by atoms with Crippen LogP contribution < -0.4 is 5.32 Å². The van der Waals surface area contributed by atoms with Crippen molar-refractivity contribution < 1.29 is 13.9 Å². The number of carbonyl (C=O) groups is 1. The Balaban J connectivity index is 1.91. The smallest absolute Gasteiger partial charge is 0.357 e. The van der Waals surface area contributed by atoms with Crippen LogP contribution in [0.25, 0.3) is 10.9 Å². The molecule has 0 atom stereocenters. The normalized spacial score (nSPS) is 10.7. The van der Waals surface area contributed by atoms with Crippen LogP contribution in [0.2, 0.25) is 0 Å². The maximum absolute atomic E-state index is 14.6. The quantitative estimate of drug-likeness (QED) is 0.254. The number of nitrogens with one attached hydrogen (secondary N) is 1. The van der Waals surface area contributed by atoms with Gasteiger partial charge in [-0.05, 0) is 71.5 Å². The number of nitrogens with zero attached hydrogens (tertiary/aromatic N) is 3. The molecule has 2 heterocycles. The average molecular weight is 540 g/mol. The van der Waals surface area contributed by atoms with E-state index in [0.717, 1.165) is 14.7 Å². The molecule has 1 N–H and O–H groups in total. The monoisotopic (exact) mass is 540 g/mol. The first-order chi connectivity index (χ1) is 15.5. The molecule has 0 saturated carbocycles. The van der Waals surface area contributed by atoms with E-state index in [0.29, 0.717) is 23.2 Å². The van der Waals surface area contributed by atoms with E-state index in [4.69, 9.17) is 4.74 Å². The number of rotatable bonds is 6. The summed E-state index contributed by atoms with van der Waals surface area (Å²) in [4.78, 5) is 17.3. The van der Waals surface area contributed by atoms with Crippen molar-refractivity contribution in [3.8, 4) is 6.07 Å². The van der Waals surface area contributed by atoms with Crippen molar-refractivity contribution in [2.45, 2.75) is 13.5 Å². The van der Waals surface area contributed by atoms with Gasteiger partial charge in [0.15, 0.2) is 5.69 Å². The van der Waals surface area contributed by atoms with Crippen LogP contribution in [0.5, 0.6) is 0 Å². The van der Waals surface area contributed by atoms with E-state index < -0.39 is 11.8 Å². The number of hydrogen-bond donors (Lipinski definition) is 1. The third kappa shape index (κ3) is 4.29. The number of pyridine rings is 1. The van der Waals surface area contributed by atoms with Gasteiger partial charge in [-0.3, -0.25) is 4.98 Å². The second-order valence-corrected chi connectivity index (χ2v) is 8.23. The molecule has 0 saturated heterocycles. The third-order valence-electron chi connectivity index (χ3n) is 4.92. The van der Waals surface area contributed by atoms with Crippen LogP contribution in [0.4, 0.5) is 15.8 Å². The summed E-state index contributed by atoms with van der Waals surface area (Å²) in [5.74, 6) is -0.966. The predicted octanol–water partition coefficient (Wildman–Crippen LogP) is 5.62. The lowest BCUT2D eigenvalue weighted by Gasteiger charge is -2.13. The number of anilines is 2. The standard InChI is InChI=1S/C24H18FIN4O2/c1-2-32-24(31)23-22(29-20-7-6-17(26)11-19(20)25)18-13-28-9-8-21(18)30(23)14-16-5-3-4-15(10-16)12-27/h3-11,13,29H,2,14H2,1H3. The molecule has 0 spiro atoms. The SMILES string of the molecule is CCOC(=O)c1c(Nc2ccc(I)cc2F)c2cnccc2n1Cc1cccc(C#N)c1. The number of halogens is 2. The van der Waals surface area contributed by atoms with Crippen molar-refractivity contribution in [3.05, 3.63) is 87.1 Å². The number of ether oxygens (including phenoxy) is 1. The number of fused-ring (bicyclic) bond motifs is 1. The molecule has 0 aliphatic heterocycles. The van der Waals surface area contributed by atoms with Crippen LogP contribution in [-0.4, -0.2) is 22.1 Å². The predicted molar refractivity (Wildman–Crippen MR) is 128 cm³/mol. The molecule has 0 radical (unpaired) electrons. The lowest BCUT2D eigenvalue weighted by atomic mass is 10.1. The van der Waals surface area contributed by atoms with Crippen molar-refractivity contribution >= 4 is 50.8 Å². The molecule has 0 aliphatic rings. The summed E-state index contributed by atoms with van der Waals surface area (Å²) in [6.07, 6.45) is 3.27. The van der Waals surface area contributed by atoms with E-state index in [1.165, 1.54) is 6.07 Å². The van der Waals surface area contributed by atoms with Crippen LogP contribution in [0, 0.1) is 20.7 Å². The molecule has 4 aromatic rings. The molecule has 2 aromatic carbocycles. The van der Waals surface area contributed by atoms with E-state index in [1.54, 1.807) is 60.3 Å². The first-order valence-corrected chi connectivity index (χ1v) is 10.9. The fourth-order valence-electron chi connectivity index (χ4n) is 3.55. The van der Waals surface area contributed by atoms with Gasteiger partial charge in [0.05, 0.1) is 35.1 Å². The molecule has 0 aliphatic carbocycles. The van der Waals surface area contributed by atoms with E-state index in [-0.39, 0.29) is 18.0 Å². The zero-order valence-electron chi connectivity index (χ0n) is 17.1. The minimum absolute atomic E-state index is 0.194. The Morgan fingerprint density at radius 3 is 2.88 bits per heavy atom. The molecule has 160 valence electrons. The molecule has 0 bridgehead atoms. The number of aromatic nitrogens is 2. The molecule has 2 aromatic heterocycles. The summed E-state index contributed by atoms with van der Waals surface area (Å²) in [6.45, 7) is 2.25. The Morgan fingerprint density at radius 1 is 1.28 bits per heavy atom. The number of esters is 1. The Kier molecular flexibility index (Phi) is 6.37. The van der Waals surface area contributed by atoms with Gasteiger partial charge in [-0.25, -0.2) is 9.18 Å². The van der Waals surface area contributed by atoms with E-state index in [2.05, 4.69) is 16.4 Å². The average Bonchev–Trinajstić information content (AvgIpc) is 3.09. The maximum Gasteiger partial charge on any atom is 0.357 e. The summed E-state index contributed by atoms with van der Waals surface area (Å²) < 4.78 is 22.5. The topological polar surface area (TPSA) is 79.9 Å². The Bertz CT molecular complexity index is 1360. The third-order valence-corrected chi connectivity index (χ3v) is 5.59. The molecular formula is C24H18FIN4O2. The van der Waals surface area contributed by atoms with Crippen molar-refractivity contribution in [1.29, 1.82) is 5.26 Å². The van der Waals surface area contributed by atoms with E-state index in [1.807, 2.05) is 28.7 Å². The zero-order valence-corrected chi connectivity index (χ0v) is 19.3. The Morgan fingerprint density at radius 2 is 2.12 bits per heavy atom. The summed E-state index contributed by atoms with van der Waals surface area (Å²) in [6, 6.07) is 15.9. The first-order valence-electron chi connectivity index (χ1n) is 9.86. The van der Waals surface area contributed by atoms with E-state index >= 15 is 0 Å². The Hall–Kier alpha value is -3.45. The highest BCUT2D eigenvalue weighted by molar-refractivity contribution is 14.1. The van der Waals surface area contributed by atoms with Crippen molar-refractivity contribution in [3.63, 3.8) is 0 Å². The first kappa shape index (κ1) is 21.8. The van der Waals surface area contributed by atoms with Gasteiger partial charge in [0.1, 0.15) is 5.82 Å². The number of carbonyl (C=O) groups excluding carboxylic acids is 1. The van der Waals surface area contributed by atoms with Gasteiger partial charge in [-0.15, -0.1) is 0 Å². The van der Waals surface area contributed by atoms with Gasteiger partial charge in [0.25, 0.3) is 0 Å². The fourth-order valence-corrected chi connectivity index (χ4v) is 4.00. The lowest BCUT2D eigenvalue weighted by molar-refractivity contribution is 0.0516. The van der Waals surface area contributed by atoms with Gasteiger partial charge >= 0.3 is 5.97 Å². The summed E-state index contributed by atoms with van der Waals surface area (Å²) >= 11 is 2.04. The highest BCUT2D eigenvalue weighted by atomic mass is 127. The number of benzene rings is 2. The highest BCUT2D eigenvalue weighted by Crippen LogP contribution is 2.35.